The molecule has 0 aromatic heterocycles. The number of carboxylic acid groups (broad SMARTS) is 1. The van der Waals surface area contributed by atoms with E-state index in [2.05, 4.69) is 22.8 Å². The van der Waals surface area contributed by atoms with E-state index >= 15 is 0 Å². The Morgan fingerprint density at radius 3 is 2.03 bits per heavy atom. The molecule has 0 fully saturated rings. The Morgan fingerprint density at radius 2 is 1.53 bits per heavy atom. The first-order valence-corrected chi connectivity index (χ1v) is 11.3. The van der Waals surface area contributed by atoms with Crippen molar-refractivity contribution in [2.24, 2.45) is 5.41 Å². The molecule has 34 heavy (non-hydrogen) atoms. The molecule has 3 rings (SSSR count). The second-order valence-corrected chi connectivity index (χ2v) is 9.45. The smallest absolute Gasteiger partial charge is 0.407 e. The lowest BCUT2D eigenvalue weighted by atomic mass is 9.86. The summed E-state index contributed by atoms with van der Waals surface area (Å²) in [5.74, 6) is -1.87. The van der Waals surface area contributed by atoms with E-state index in [1.165, 1.54) is 7.11 Å². The molecule has 0 saturated carbocycles. The van der Waals surface area contributed by atoms with Gasteiger partial charge in [-0.25, -0.2) is 9.59 Å². The molecule has 2 aromatic carbocycles. The molecule has 2 atom stereocenters. The molecule has 8 heteroatoms. The van der Waals surface area contributed by atoms with Crippen LogP contribution in [0.3, 0.4) is 0 Å². The molecular formula is C26H32N2O6. The Labute approximate surface area is 199 Å². The molecule has 0 radical (unpaired) electrons. The van der Waals surface area contributed by atoms with E-state index in [-0.39, 0.29) is 25.6 Å². The fourth-order valence-corrected chi connectivity index (χ4v) is 4.18. The zero-order chi connectivity index (χ0) is 24.9. The number of hydrogen-bond donors (Lipinski definition) is 3. The van der Waals surface area contributed by atoms with Gasteiger partial charge in [-0.2, -0.15) is 0 Å². The van der Waals surface area contributed by atoms with E-state index in [1.54, 1.807) is 20.8 Å². The Kier molecular flexibility index (Phi) is 7.94. The van der Waals surface area contributed by atoms with E-state index in [4.69, 9.17) is 9.47 Å². The van der Waals surface area contributed by atoms with Crippen LogP contribution in [0.4, 0.5) is 4.79 Å². The number of ether oxygens (including phenoxy) is 2. The molecule has 3 N–H and O–H groups in total. The molecular weight excluding hydrogens is 436 g/mol. The van der Waals surface area contributed by atoms with Crippen LogP contribution in [0.15, 0.2) is 48.5 Å². The third-order valence-electron chi connectivity index (χ3n) is 5.96. The quantitative estimate of drug-likeness (QED) is 0.519. The van der Waals surface area contributed by atoms with E-state index in [1.807, 2.05) is 36.4 Å². The van der Waals surface area contributed by atoms with Crippen molar-refractivity contribution in [3.63, 3.8) is 0 Å². The average molecular weight is 469 g/mol. The first-order chi connectivity index (χ1) is 16.1. The van der Waals surface area contributed by atoms with Crippen LogP contribution in [-0.2, 0) is 19.1 Å². The third kappa shape index (κ3) is 5.75. The van der Waals surface area contributed by atoms with Crippen LogP contribution in [0.2, 0.25) is 0 Å². The second kappa shape index (κ2) is 10.7. The Balaban J connectivity index is 1.68. The van der Waals surface area contributed by atoms with Gasteiger partial charge >= 0.3 is 12.1 Å². The number of nitrogens with one attached hydrogen (secondary N) is 2. The molecule has 1 aliphatic rings. The molecule has 0 saturated heterocycles. The summed E-state index contributed by atoms with van der Waals surface area (Å²) < 4.78 is 10.5. The number of carbonyl (C=O) groups excluding carboxylic acids is 2. The van der Waals surface area contributed by atoms with Crippen LogP contribution in [0, 0.1) is 5.41 Å². The maximum Gasteiger partial charge on any atom is 0.407 e. The molecule has 2 amide bonds. The number of carbonyl (C=O) groups is 3. The van der Waals surface area contributed by atoms with Gasteiger partial charge in [0.05, 0.1) is 0 Å². The summed E-state index contributed by atoms with van der Waals surface area (Å²) in [6, 6.07) is 13.9. The first-order valence-electron chi connectivity index (χ1n) is 11.3. The third-order valence-corrected chi connectivity index (χ3v) is 5.96. The van der Waals surface area contributed by atoms with Crippen LogP contribution < -0.4 is 10.6 Å². The number of alkyl carbamates (subject to hydrolysis) is 1. The van der Waals surface area contributed by atoms with Crippen molar-refractivity contribution in [1.82, 2.24) is 10.6 Å². The summed E-state index contributed by atoms with van der Waals surface area (Å²) in [7, 11) is 1.46. The predicted molar refractivity (Wildman–Crippen MR) is 128 cm³/mol. The molecule has 0 spiro atoms. The molecule has 182 valence electrons. The number of rotatable bonds is 9. The van der Waals surface area contributed by atoms with Gasteiger partial charge in [0, 0.05) is 26.1 Å². The van der Waals surface area contributed by atoms with Gasteiger partial charge < -0.3 is 25.2 Å². The lowest BCUT2D eigenvalue weighted by molar-refractivity contribution is -0.143. The largest absolute Gasteiger partial charge is 0.480 e. The van der Waals surface area contributed by atoms with Gasteiger partial charge in [-0.15, -0.1) is 0 Å². The minimum Gasteiger partial charge on any atom is -0.480 e. The van der Waals surface area contributed by atoms with Crippen LogP contribution in [0.25, 0.3) is 11.1 Å². The Morgan fingerprint density at radius 1 is 0.971 bits per heavy atom. The molecule has 8 nitrogen and oxygen atoms in total. The van der Waals surface area contributed by atoms with Crippen LogP contribution in [0.5, 0.6) is 0 Å². The van der Waals surface area contributed by atoms with E-state index in [9.17, 15) is 19.5 Å². The number of hydrogen-bond acceptors (Lipinski definition) is 5. The Hall–Kier alpha value is -3.39. The maximum atomic E-state index is 12.9. The summed E-state index contributed by atoms with van der Waals surface area (Å²) in [5, 5.41) is 14.5. The zero-order valence-corrected chi connectivity index (χ0v) is 20.0. The standard InChI is InChI=1S/C26H32N2O6/c1-26(2,3)22(23(29)27-21(24(30)31)13-14-33-4)28-25(32)34-15-20-18-11-7-5-9-16(18)17-10-6-8-12-19(17)20/h5-12,20-22H,13-15H2,1-4H3,(H,27,29)(H,28,32)(H,30,31)/t21?,22-/m0/s1. The van der Waals surface area contributed by atoms with Gasteiger partial charge in [0.15, 0.2) is 0 Å². The van der Waals surface area contributed by atoms with Gasteiger partial charge in [-0.05, 0) is 27.7 Å². The zero-order valence-electron chi connectivity index (χ0n) is 20.0. The lowest BCUT2D eigenvalue weighted by Gasteiger charge is -2.31. The lowest BCUT2D eigenvalue weighted by Crippen LogP contribution is -2.56. The van der Waals surface area contributed by atoms with Gasteiger partial charge in [0.1, 0.15) is 18.7 Å². The number of methoxy groups -OCH3 is 1. The highest BCUT2D eigenvalue weighted by molar-refractivity contribution is 5.90. The molecule has 1 aliphatic carbocycles. The van der Waals surface area contributed by atoms with Gasteiger partial charge in [0.25, 0.3) is 0 Å². The molecule has 2 aromatic rings. The van der Waals surface area contributed by atoms with Crippen molar-refractivity contribution in [2.75, 3.05) is 20.3 Å². The minimum absolute atomic E-state index is 0.106. The van der Waals surface area contributed by atoms with Crippen molar-refractivity contribution in [1.29, 1.82) is 0 Å². The van der Waals surface area contributed by atoms with Crippen molar-refractivity contribution < 1.29 is 29.0 Å². The Bertz CT molecular complexity index is 1000. The molecule has 1 unspecified atom stereocenters. The fraction of sp³-hybridized carbons (Fsp3) is 0.423. The summed E-state index contributed by atoms with van der Waals surface area (Å²) in [6.07, 6.45) is -0.625. The number of fused-ring (bicyclic) bond motifs is 3. The topological polar surface area (TPSA) is 114 Å². The summed E-state index contributed by atoms with van der Waals surface area (Å²) in [4.78, 5) is 37.1. The maximum absolute atomic E-state index is 12.9. The van der Waals surface area contributed by atoms with Gasteiger partial charge in [0.2, 0.25) is 5.91 Å². The number of benzene rings is 2. The molecule has 0 bridgehead atoms. The highest BCUT2D eigenvalue weighted by atomic mass is 16.5. The van der Waals surface area contributed by atoms with Crippen molar-refractivity contribution >= 4 is 18.0 Å². The van der Waals surface area contributed by atoms with E-state index in [0.717, 1.165) is 22.3 Å². The SMILES string of the molecule is COCCC(NC(=O)[C@H](NC(=O)OCC1c2ccccc2-c2ccccc21)C(C)(C)C)C(=O)O. The van der Waals surface area contributed by atoms with Crippen molar-refractivity contribution in [2.45, 2.75) is 45.2 Å². The van der Waals surface area contributed by atoms with E-state index in [0.29, 0.717) is 0 Å². The monoisotopic (exact) mass is 468 g/mol. The number of aliphatic carboxylic acids is 1. The van der Waals surface area contributed by atoms with Crippen molar-refractivity contribution in [3.05, 3.63) is 59.7 Å². The average Bonchev–Trinajstić information content (AvgIpc) is 3.11. The summed E-state index contributed by atoms with van der Waals surface area (Å²) in [6.45, 7) is 5.64. The van der Waals surface area contributed by atoms with Crippen molar-refractivity contribution in [3.8, 4) is 11.1 Å². The van der Waals surface area contributed by atoms with E-state index < -0.39 is 35.5 Å². The fourth-order valence-electron chi connectivity index (χ4n) is 4.18. The van der Waals surface area contributed by atoms with Crippen LogP contribution in [-0.4, -0.2) is 55.5 Å². The second-order valence-electron chi connectivity index (χ2n) is 9.45. The highest BCUT2D eigenvalue weighted by Gasteiger charge is 2.36. The van der Waals surface area contributed by atoms with Crippen LogP contribution >= 0.6 is 0 Å². The highest BCUT2D eigenvalue weighted by Crippen LogP contribution is 2.44. The minimum atomic E-state index is -1.17. The predicted octanol–water partition coefficient (Wildman–Crippen LogP) is 3.55. The normalized spacial score (nSPS) is 14.5. The van der Waals surface area contributed by atoms with Gasteiger partial charge in [-0.1, -0.05) is 69.3 Å². The first kappa shape index (κ1) is 25.2. The van der Waals surface area contributed by atoms with Crippen LogP contribution in [0.1, 0.15) is 44.2 Å². The summed E-state index contributed by atoms with van der Waals surface area (Å²) >= 11 is 0. The summed E-state index contributed by atoms with van der Waals surface area (Å²) in [5.41, 5.74) is 3.73. The molecule has 0 heterocycles. The number of carboxylic acids is 1. The van der Waals surface area contributed by atoms with Gasteiger partial charge in [-0.3, -0.25) is 4.79 Å². The number of amides is 2. The molecule has 0 aliphatic heterocycles.